The highest BCUT2D eigenvalue weighted by Crippen LogP contribution is 2.35. The Morgan fingerprint density at radius 3 is 2.27 bits per heavy atom. The van der Waals surface area contributed by atoms with Crippen LogP contribution in [0.25, 0.3) is 0 Å². The SMILES string of the molecule is CCOC(=O)C1(COc2ccc3c(c2)CN(C(=O)OCc2ccccc2)CC3)CCN(C(=O)OC(C)(C)C)CC1. The number of benzene rings is 2. The van der Waals surface area contributed by atoms with Crippen molar-refractivity contribution in [2.45, 2.75) is 65.7 Å². The minimum absolute atomic E-state index is 0.135. The molecule has 1 saturated heterocycles. The molecule has 2 heterocycles. The van der Waals surface area contributed by atoms with Crippen molar-refractivity contribution < 1.29 is 33.3 Å². The van der Waals surface area contributed by atoms with Crippen molar-refractivity contribution in [2.24, 2.45) is 5.41 Å². The first-order chi connectivity index (χ1) is 19.1. The average Bonchev–Trinajstić information content (AvgIpc) is 2.94. The Bertz CT molecular complexity index is 1180. The molecular weight excluding hydrogens is 512 g/mol. The van der Waals surface area contributed by atoms with Crippen LogP contribution in [0.2, 0.25) is 0 Å². The molecule has 0 bridgehead atoms. The van der Waals surface area contributed by atoms with Gasteiger partial charge in [-0.25, -0.2) is 9.59 Å². The van der Waals surface area contributed by atoms with Crippen molar-refractivity contribution in [3.63, 3.8) is 0 Å². The van der Waals surface area contributed by atoms with Crippen molar-refractivity contribution >= 4 is 18.2 Å². The molecule has 2 amide bonds. The Morgan fingerprint density at radius 2 is 1.60 bits per heavy atom. The molecule has 216 valence electrons. The molecule has 40 heavy (non-hydrogen) atoms. The van der Waals surface area contributed by atoms with Crippen LogP contribution < -0.4 is 4.74 Å². The van der Waals surface area contributed by atoms with Crippen molar-refractivity contribution in [1.82, 2.24) is 9.80 Å². The van der Waals surface area contributed by atoms with E-state index in [9.17, 15) is 14.4 Å². The summed E-state index contributed by atoms with van der Waals surface area (Å²) in [6.45, 7) is 9.67. The number of carbonyl (C=O) groups excluding carboxylic acids is 3. The summed E-state index contributed by atoms with van der Waals surface area (Å²) in [6.07, 6.45) is 0.823. The van der Waals surface area contributed by atoms with E-state index in [1.807, 2.05) is 69.3 Å². The van der Waals surface area contributed by atoms with Gasteiger partial charge in [0.25, 0.3) is 0 Å². The molecule has 0 radical (unpaired) electrons. The molecule has 0 saturated carbocycles. The molecule has 9 nitrogen and oxygen atoms in total. The number of likely N-dealkylation sites (tertiary alicyclic amines) is 1. The van der Waals surface area contributed by atoms with Crippen LogP contribution in [-0.4, -0.2) is 66.4 Å². The maximum absolute atomic E-state index is 13.1. The van der Waals surface area contributed by atoms with E-state index in [0.717, 1.165) is 23.1 Å². The van der Waals surface area contributed by atoms with Crippen LogP contribution in [0.5, 0.6) is 5.75 Å². The van der Waals surface area contributed by atoms with E-state index in [-0.39, 0.29) is 38.0 Å². The molecule has 2 aromatic rings. The molecule has 0 atom stereocenters. The van der Waals surface area contributed by atoms with Crippen LogP contribution in [0.4, 0.5) is 9.59 Å². The smallest absolute Gasteiger partial charge is 0.410 e. The van der Waals surface area contributed by atoms with Crippen LogP contribution in [-0.2, 0) is 38.6 Å². The van der Waals surface area contributed by atoms with Crippen molar-refractivity contribution in [3.8, 4) is 5.75 Å². The summed E-state index contributed by atoms with van der Waals surface area (Å²) in [4.78, 5) is 41.6. The Balaban J connectivity index is 1.37. The van der Waals surface area contributed by atoms with Crippen LogP contribution in [0.3, 0.4) is 0 Å². The van der Waals surface area contributed by atoms with Crippen LogP contribution >= 0.6 is 0 Å². The lowest BCUT2D eigenvalue weighted by atomic mass is 9.79. The number of amides is 2. The minimum atomic E-state index is -0.863. The number of carbonyl (C=O) groups is 3. The lowest BCUT2D eigenvalue weighted by Crippen LogP contribution is -2.50. The summed E-state index contributed by atoms with van der Waals surface area (Å²) in [5, 5.41) is 0. The second-order valence-electron chi connectivity index (χ2n) is 11.4. The van der Waals surface area contributed by atoms with Gasteiger partial charge in [0.15, 0.2) is 0 Å². The fourth-order valence-electron chi connectivity index (χ4n) is 4.95. The van der Waals surface area contributed by atoms with Crippen LogP contribution in [0.1, 0.15) is 57.2 Å². The predicted octanol–water partition coefficient (Wildman–Crippen LogP) is 5.34. The Morgan fingerprint density at radius 1 is 0.875 bits per heavy atom. The largest absolute Gasteiger partial charge is 0.492 e. The predicted molar refractivity (Wildman–Crippen MR) is 149 cm³/mol. The lowest BCUT2D eigenvalue weighted by Gasteiger charge is -2.39. The van der Waals surface area contributed by atoms with Crippen LogP contribution in [0, 0.1) is 5.41 Å². The van der Waals surface area contributed by atoms with Gasteiger partial charge in [-0.15, -0.1) is 0 Å². The fourth-order valence-corrected chi connectivity index (χ4v) is 4.95. The van der Waals surface area contributed by atoms with Gasteiger partial charge in [0.05, 0.1) is 6.61 Å². The van der Waals surface area contributed by atoms with Gasteiger partial charge in [0, 0.05) is 26.2 Å². The third kappa shape index (κ3) is 7.46. The Labute approximate surface area is 236 Å². The van der Waals surface area contributed by atoms with Crippen molar-refractivity contribution in [3.05, 3.63) is 65.2 Å². The van der Waals surface area contributed by atoms with E-state index in [2.05, 4.69) is 0 Å². The van der Waals surface area contributed by atoms with E-state index < -0.39 is 11.0 Å². The van der Waals surface area contributed by atoms with Gasteiger partial charge in [-0.1, -0.05) is 36.4 Å². The molecule has 0 aromatic heterocycles. The highest BCUT2D eigenvalue weighted by molar-refractivity contribution is 5.78. The molecule has 2 aliphatic rings. The molecule has 2 aromatic carbocycles. The topological polar surface area (TPSA) is 94.6 Å². The first-order valence-electron chi connectivity index (χ1n) is 13.9. The molecule has 0 N–H and O–H groups in total. The van der Waals surface area contributed by atoms with Gasteiger partial charge >= 0.3 is 18.2 Å². The summed E-state index contributed by atoms with van der Waals surface area (Å²) in [6, 6.07) is 15.4. The summed E-state index contributed by atoms with van der Waals surface area (Å²) in [7, 11) is 0. The van der Waals surface area contributed by atoms with Gasteiger partial charge in [-0.2, -0.15) is 0 Å². The van der Waals surface area contributed by atoms with E-state index >= 15 is 0 Å². The highest BCUT2D eigenvalue weighted by atomic mass is 16.6. The minimum Gasteiger partial charge on any atom is -0.492 e. The first-order valence-corrected chi connectivity index (χ1v) is 13.9. The van der Waals surface area contributed by atoms with Gasteiger partial charge in [-0.3, -0.25) is 4.79 Å². The number of nitrogens with zero attached hydrogens (tertiary/aromatic N) is 2. The molecule has 0 spiro atoms. The monoisotopic (exact) mass is 552 g/mol. The second kappa shape index (κ2) is 12.6. The summed E-state index contributed by atoms with van der Waals surface area (Å²) < 4.78 is 22.6. The summed E-state index contributed by atoms with van der Waals surface area (Å²) in [5.41, 5.74) is 1.64. The first kappa shape index (κ1) is 29.2. The Hall–Kier alpha value is -3.75. The van der Waals surface area contributed by atoms with E-state index in [1.54, 1.807) is 16.7 Å². The third-order valence-electron chi connectivity index (χ3n) is 7.25. The van der Waals surface area contributed by atoms with Crippen LogP contribution in [0.15, 0.2) is 48.5 Å². The summed E-state index contributed by atoms with van der Waals surface area (Å²) >= 11 is 0. The fraction of sp³-hybridized carbons (Fsp3) is 0.516. The standard InChI is InChI=1S/C31H40N2O7/c1-5-37-27(34)31(14-17-32(18-15-31)29(36)40-30(2,3)4)22-39-26-12-11-24-13-16-33(20-25(24)19-26)28(35)38-21-23-9-7-6-8-10-23/h6-12,19H,5,13-18,20-22H2,1-4H3. The Kier molecular flexibility index (Phi) is 9.22. The maximum atomic E-state index is 13.1. The number of hydrogen-bond acceptors (Lipinski definition) is 7. The zero-order valence-corrected chi connectivity index (χ0v) is 23.9. The molecule has 1 fully saturated rings. The average molecular weight is 553 g/mol. The molecule has 0 unspecified atom stereocenters. The molecule has 4 rings (SSSR count). The van der Waals surface area contributed by atoms with Gasteiger partial charge in [0.1, 0.15) is 30.0 Å². The van der Waals surface area contributed by atoms with Crippen molar-refractivity contribution in [1.29, 1.82) is 0 Å². The molecular formula is C31H40N2O7. The van der Waals surface area contributed by atoms with Gasteiger partial charge in [0.2, 0.25) is 0 Å². The number of fused-ring (bicyclic) bond motifs is 1. The summed E-state index contributed by atoms with van der Waals surface area (Å²) in [5.74, 6) is 0.306. The highest BCUT2D eigenvalue weighted by Gasteiger charge is 2.45. The van der Waals surface area contributed by atoms with Gasteiger partial charge in [-0.05, 0) is 75.8 Å². The van der Waals surface area contributed by atoms with Gasteiger partial charge < -0.3 is 28.7 Å². The molecule has 9 heteroatoms. The number of esters is 1. The van der Waals surface area contributed by atoms with E-state index in [0.29, 0.717) is 44.8 Å². The lowest BCUT2D eigenvalue weighted by molar-refractivity contribution is -0.161. The number of hydrogen-bond donors (Lipinski definition) is 0. The molecule has 2 aliphatic heterocycles. The number of rotatable bonds is 7. The zero-order valence-electron chi connectivity index (χ0n) is 23.9. The normalized spacial score (nSPS) is 16.5. The van der Waals surface area contributed by atoms with E-state index in [1.165, 1.54) is 0 Å². The van der Waals surface area contributed by atoms with Crippen molar-refractivity contribution in [2.75, 3.05) is 32.8 Å². The quantitative estimate of drug-likeness (QED) is 0.338. The zero-order chi connectivity index (χ0) is 28.8. The number of ether oxygens (including phenoxy) is 4. The molecule has 0 aliphatic carbocycles. The van der Waals surface area contributed by atoms with E-state index in [4.69, 9.17) is 18.9 Å². The number of piperidine rings is 1. The maximum Gasteiger partial charge on any atom is 0.410 e. The second-order valence-corrected chi connectivity index (χ2v) is 11.4. The third-order valence-corrected chi connectivity index (χ3v) is 7.25.